The number of carbonyl (C=O) groups excluding carboxylic acids is 3. The van der Waals surface area contributed by atoms with Gasteiger partial charge in [-0.25, -0.2) is 4.68 Å². The number of carbonyl (C=O) groups is 3. The monoisotopic (exact) mass is 520 g/mol. The molecule has 0 saturated carbocycles. The van der Waals surface area contributed by atoms with Crippen molar-refractivity contribution >= 4 is 55.9 Å². The second kappa shape index (κ2) is 9.80. The van der Waals surface area contributed by atoms with E-state index in [1.165, 1.54) is 4.68 Å². The Hall–Kier alpha value is -4.11. The van der Waals surface area contributed by atoms with E-state index >= 15 is 0 Å². The van der Waals surface area contributed by atoms with Crippen molar-refractivity contribution in [2.45, 2.75) is 6.92 Å². The Labute approximate surface area is 204 Å². The lowest BCUT2D eigenvalue weighted by Crippen LogP contribution is -2.36. The largest absolute Gasteiger partial charge is 0.497 e. The van der Waals surface area contributed by atoms with Crippen LogP contribution in [0, 0.1) is 6.92 Å². The topological polar surface area (TPSA) is 101 Å². The van der Waals surface area contributed by atoms with Gasteiger partial charge in [0.25, 0.3) is 5.91 Å². The Morgan fingerprint density at radius 3 is 2.15 bits per heavy atom. The second-order valence-corrected chi connectivity index (χ2v) is 8.43. The highest BCUT2D eigenvalue weighted by molar-refractivity contribution is 9.10. The van der Waals surface area contributed by atoms with Crippen molar-refractivity contribution in [1.82, 2.24) is 4.68 Å². The fraction of sp³-hybridized carbons (Fsp3) is 0.0800. The second-order valence-electron chi connectivity index (χ2n) is 7.51. The summed E-state index contributed by atoms with van der Waals surface area (Å²) in [7, 11) is 1.56. The van der Waals surface area contributed by atoms with Crippen LogP contribution in [-0.2, 0) is 9.59 Å². The van der Waals surface area contributed by atoms with Crippen molar-refractivity contribution < 1.29 is 19.1 Å². The van der Waals surface area contributed by atoms with Crippen LogP contribution >= 0.6 is 15.9 Å². The number of methoxy groups -OCH3 is 1. The average molecular weight is 521 g/mol. The van der Waals surface area contributed by atoms with E-state index in [0.29, 0.717) is 28.0 Å². The Kier molecular flexibility index (Phi) is 6.65. The van der Waals surface area contributed by atoms with Crippen molar-refractivity contribution in [2.24, 2.45) is 0 Å². The molecule has 0 unspecified atom stereocenters. The molecule has 0 spiro atoms. The highest BCUT2D eigenvalue weighted by atomic mass is 79.9. The normalized spacial score (nSPS) is 10.6. The molecule has 0 fully saturated rings. The smallest absolute Gasteiger partial charge is 0.328 e. The fourth-order valence-electron chi connectivity index (χ4n) is 3.32. The van der Waals surface area contributed by atoms with Crippen LogP contribution in [0.2, 0.25) is 0 Å². The number of anilines is 2. The predicted octanol–water partition coefficient (Wildman–Crippen LogP) is 4.68. The predicted molar refractivity (Wildman–Crippen MR) is 135 cm³/mol. The molecule has 0 atom stereocenters. The molecule has 34 heavy (non-hydrogen) atoms. The third kappa shape index (κ3) is 5.10. The maximum Gasteiger partial charge on any atom is 0.328 e. The molecule has 4 rings (SSSR count). The summed E-state index contributed by atoms with van der Waals surface area (Å²) in [5, 5.41) is 6.05. The molecule has 0 radical (unpaired) electrons. The van der Waals surface area contributed by atoms with Gasteiger partial charge < -0.3 is 15.4 Å². The van der Waals surface area contributed by atoms with Gasteiger partial charge in [0.05, 0.1) is 12.6 Å². The van der Waals surface area contributed by atoms with Crippen LogP contribution in [0.15, 0.2) is 77.3 Å². The molecule has 0 bridgehead atoms. The average Bonchev–Trinajstić information content (AvgIpc) is 3.18. The summed E-state index contributed by atoms with van der Waals surface area (Å²) in [4.78, 5) is 38.3. The Balaban J connectivity index is 1.60. The number of nitrogens with zero attached hydrogens (tertiary/aromatic N) is 1. The first-order valence-electron chi connectivity index (χ1n) is 10.3. The van der Waals surface area contributed by atoms with Gasteiger partial charge in [-0.3, -0.25) is 19.8 Å². The molecule has 1 aromatic heterocycles. The third-order valence-electron chi connectivity index (χ3n) is 5.07. The third-order valence-corrected chi connectivity index (χ3v) is 5.57. The maximum atomic E-state index is 13.1. The van der Waals surface area contributed by atoms with Gasteiger partial charge in [0.15, 0.2) is 0 Å². The van der Waals surface area contributed by atoms with Gasteiger partial charge in [0.1, 0.15) is 11.4 Å². The molecule has 4 aromatic rings. The summed E-state index contributed by atoms with van der Waals surface area (Å²) in [6.45, 7) is 1.92. The summed E-state index contributed by atoms with van der Waals surface area (Å²) in [6.07, 6.45) is 0. The number of halogens is 1. The first-order valence-corrected chi connectivity index (χ1v) is 11.1. The van der Waals surface area contributed by atoms with Crippen molar-refractivity contribution in [1.29, 1.82) is 0 Å². The Bertz CT molecular complexity index is 1380. The number of ether oxygens (including phenoxy) is 1. The van der Waals surface area contributed by atoms with E-state index in [2.05, 4.69) is 32.0 Å². The van der Waals surface area contributed by atoms with E-state index in [-0.39, 0.29) is 5.69 Å². The molecular weight excluding hydrogens is 500 g/mol. The van der Waals surface area contributed by atoms with E-state index < -0.39 is 17.7 Å². The zero-order chi connectivity index (χ0) is 24.2. The van der Waals surface area contributed by atoms with E-state index in [9.17, 15) is 14.4 Å². The SMILES string of the molecule is COc1ccc(NC(=O)c2cc3cc(Br)ccc3n2NC(=O)C(=O)Nc2ccc(C)cc2)cc1. The molecule has 0 aliphatic rings. The molecule has 172 valence electrons. The Morgan fingerprint density at radius 2 is 1.47 bits per heavy atom. The van der Waals surface area contributed by atoms with Gasteiger partial charge in [0, 0.05) is 21.2 Å². The Morgan fingerprint density at radius 1 is 0.824 bits per heavy atom. The number of fused-ring (bicyclic) bond motifs is 1. The summed E-state index contributed by atoms with van der Waals surface area (Å²) >= 11 is 3.41. The van der Waals surface area contributed by atoms with Crippen LogP contribution in [0.25, 0.3) is 10.9 Å². The first-order chi connectivity index (χ1) is 16.3. The van der Waals surface area contributed by atoms with E-state index in [4.69, 9.17) is 4.74 Å². The zero-order valence-electron chi connectivity index (χ0n) is 18.4. The molecule has 3 N–H and O–H groups in total. The zero-order valence-corrected chi connectivity index (χ0v) is 20.0. The van der Waals surface area contributed by atoms with Gasteiger partial charge >= 0.3 is 11.8 Å². The summed E-state index contributed by atoms with van der Waals surface area (Å²) in [5.41, 5.74) is 5.31. The number of aromatic nitrogens is 1. The first kappa shape index (κ1) is 23.1. The van der Waals surface area contributed by atoms with Crippen LogP contribution in [-0.4, -0.2) is 29.5 Å². The highest BCUT2D eigenvalue weighted by Crippen LogP contribution is 2.24. The van der Waals surface area contributed by atoms with Gasteiger partial charge in [0.2, 0.25) is 0 Å². The van der Waals surface area contributed by atoms with Crippen molar-refractivity contribution in [2.75, 3.05) is 23.2 Å². The number of nitrogens with one attached hydrogen (secondary N) is 3. The summed E-state index contributed by atoms with van der Waals surface area (Å²) in [5.74, 6) is -1.58. The van der Waals surface area contributed by atoms with E-state index in [1.807, 2.05) is 25.1 Å². The van der Waals surface area contributed by atoms with Crippen LogP contribution in [0.5, 0.6) is 5.75 Å². The minimum absolute atomic E-state index is 0.153. The molecule has 8 nitrogen and oxygen atoms in total. The maximum absolute atomic E-state index is 13.1. The number of hydrogen-bond donors (Lipinski definition) is 3. The van der Waals surface area contributed by atoms with Gasteiger partial charge in [-0.2, -0.15) is 0 Å². The van der Waals surface area contributed by atoms with Gasteiger partial charge in [-0.1, -0.05) is 33.6 Å². The van der Waals surface area contributed by atoms with Crippen molar-refractivity contribution in [3.05, 3.63) is 88.5 Å². The molecule has 1 heterocycles. The van der Waals surface area contributed by atoms with Crippen LogP contribution in [0.3, 0.4) is 0 Å². The summed E-state index contributed by atoms with van der Waals surface area (Å²) < 4.78 is 7.25. The number of amides is 3. The molecule has 0 saturated heterocycles. The lowest BCUT2D eigenvalue weighted by atomic mass is 10.2. The van der Waals surface area contributed by atoms with Crippen LogP contribution in [0.4, 0.5) is 11.4 Å². The molecule has 0 aliphatic carbocycles. The van der Waals surface area contributed by atoms with E-state index in [0.717, 1.165) is 10.0 Å². The number of benzene rings is 3. The van der Waals surface area contributed by atoms with Crippen LogP contribution < -0.4 is 20.8 Å². The van der Waals surface area contributed by atoms with Crippen molar-refractivity contribution in [3.63, 3.8) is 0 Å². The lowest BCUT2D eigenvalue weighted by molar-refractivity contribution is -0.133. The molecule has 3 amide bonds. The van der Waals surface area contributed by atoms with Gasteiger partial charge in [-0.05, 0) is 67.6 Å². The molecule has 3 aromatic carbocycles. The lowest BCUT2D eigenvalue weighted by Gasteiger charge is -2.13. The minimum Gasteiger partial charge on any atom is -0.497 e. The molecule has 9 heteroatoms. The number of rotatable bonds is 5. The highest BCUT2D eigenvalue weighted by Gasteiger charge is 2.21. The quantitative estimate of drug-likeness (QED) is 0.332. The number of hydrogen-bond acceptors (Lipinski definition) is 4. The summed E-state index contributed by atoms with van der Waals surface area (Å²) in [6, 6.07) is 20.9. The molecule has 0 aliphatic heterocycles. The fourth-order valence-corrected chi connectivity index (χ4v) is 3.70. The van der Waals surface area contributed by atoms with Crippen molar-refractivity contribution in [3.8, 4) is 5.75 Å². The van der Waals surface area contributed by atoms with E-state index in [1.54, 1.807) is 61.7 Å². The molecular formula is C25H21BrN4O4. The standard InChI is InChI=1S/C25H21BrN4O4/c1-15-3-6-18(7-4-15)28-24(32)25(33)29-30-21-12-5-17(26)13-16(21)14-22(30)23(31)27-19-8-10-20(34-2)11-9-19/h3-14H,1-2H3,(H,27,31)(H,28,32)(H,29,33). The van der Waals surface area contributed by atoms with Crippen LogP contribution in [0.1, 0.15) is 16.1 Å². The number of aryl methyl sites for hydroxylation is 1. The minimum atomic E-state index is -0.917. The van der Waals surface area contributed by atoms with Gasteiger partial charge in [-0.15, -0.1) is 0 Å².